The molecule has 0 unspecified atom stereocenters. The number of hydrogen-bond donors (Lipinski definition) is 4. The summed E-state index contributed by atoms with van der Waals surface area (Å²) < 4.78 is 16.5. The first-order chi connectivity index (χ1) is 15.4. The van der Waals surface area contributed by atoms with Crippen LogP contribution < -0.4 is 14.9 Å². The molecule has 0 saturated carbocycles. The number of ether oxygens (including phenoxy) is 2. The summed E-state index contributed by atoms with van der Waals surface area (Å²) in [6.45, 7) is 8.49. The number of aromatic hydroxyl groups is 2. The van der Waals surface area contributed by atoms with Crippen molar-refractivity contribution in [3.8, 4) is 23.0 Å². The van der Waals surface area contributed by atoms with Crippen molar-refractivity contribution in [2.45, 2.75) is 38.9 Å². The standard InChI is InChI=1S/C25H28O8/c1-12(2)15(26)9-14-20-18(10-16(27)24(14)32-6)33-19-11-17(31-5)13(7-8-25(3,4)30)22(28)21(19)23(20)29/h7-8,10-11,15,26-28,30H,1,9H2,2-6H3/b8-7+/t15-/m1/s1. The minimum absolute atomic E-state index is 0.0181. The second-order valence-electron chi connectivity index (χ2n) is 8.48. The highest BCUT2D eigenvalue weighted by atomic mass is 16.5. The molecule has 0 bridgehead atoms. The zero-order valence-electron chi connectivity index (χ0n) is 19.2. The molecule has 4 N–H and O–H groups in total. The summed E-state index contributed by atoms with van der Waals surface area (Å²) in [6, 6.07) is 2.70. The average Bonchev–Trinajstić information content (AvgIpc) is 2.71. The Balaban J connectivity index is 2.46. The Labute approximate surface area is 190 Å². The van der Waals surface area contributed by atoms with E-state index in [4.69, 9.17) is 13.9 Å². The van der Waals surface area contributed by atoms with E-state index in [1.165, 1.54) is 38.5 Å². The van der Waals surface area contributed by atoms with Crippen LogP contribution in [-0.2, 0) is 6.42 Å². The highest BCUT2D eigenvalue weighted by Gasteiger charge is 2.25. The maximum Gasteiger partial charge on any atom is 0.204 e. The highest BCUT2D eigenvalue weighted by molar-refractivity contribution is 5.99. The lowest BCUT2D eigenvalue weighted by atomic mass is 9.96. The molecule has 8 nitrogen and oxygen atoms in total. The van der Waals surface area contributed by atoms with E-state index in [9.17, 15) is 25.2 Å². The van der Waals surface area contributed by atoms with Crippen LogP contribution in [0.15, 0.2) is 39.6 Å². The normalized spacial score (nSPS) is 13.1. The van der Waals surface area contributed by atoms with Gasteiger partial charge in [0.1, 0.15) is 28.1 Å². The molecule has 0 aliphatic heterocycles. The van der Waals surface area contributed by atoms with Gasteiger partial charge < -0.3 is 34.3 Å². The fraction of sp³-hybridized carbons (Fsp3) is 0.320. The topological polar surface area (TPSA) is 130 Å². The van der Waals surface area contributed by atoms with E-state index in [-0.39, 0.29) is 62.5 Å². The molecule has 0 aliphatic carbocycles. The first-order valence-corrected chi connectivity index (χ1v) is 10.2. The van der Waals surface area contributed by atoms with Crippen LogP contribution in [0, 0.1) is 0 Å². The molecule has 0 aliphatic rings. The van der Waals surface area contributed by atoms with E-state index in [1.807, 2.05) is 0 Å². The molecule has 176 valence electrons. The summed E-state index contributed by atoms with van der Waals surface area (Å²) in [5.41, 5.74) is -0.779. The number of hydrogen-bond acceptors (Lipinski definition) is 8. The molecule has 0 saturated heterocycles. The van der Waals surface area contributed by atoms with Crippen LogP contribution in [0.5, 0.6) is 23.0 Å². The van der Waals surface area contributed by atoms with Crippen LogP contribution in [-0.4, -0.2) is 46.4 Å². The van der Waals surface area contributed by atoms with Gasteiger partial charge in [-0.1, -0.05) is 18.2 Å². The molecule has 0 radical (unpaired) electrons. The van der Waals surface area contributed by atoms with E-state index in [0.29, 0.717) is 5.57 Å². The van der Waals surface area contributed by atoms with E-state index >= 15 is 0 Å². The van der Waals surface area contributed by atoms with Crippen molar-refractivity contribution in [1.82, 2.24) is 0 Å². The quantitative estimate of drug-likeness (QED) is 0.313. The minimum Gasteiger partial charge on any atom is -0.506 e. The van der Waals surface area contributed by atoms with Crippen molar-refractivity contribution in [1.29, 1.82) is 0 Å². The van der Waals surface area contributed by atoms with Gasteiger partial charge in [-0.3, -0.25) is 4.79 Å². The van der Waals surface area contributed by atoms with Gasteiger partial charge in [-0.25, -0.2) is 0 Å². The van der Waals surface area contributed by atoms with Gasteiger partial charge in [0.2, 0.25) is 5.43 Å². The fourth-order valence-corrected chi connectivity index (χ4v) is 3.60. The summed E-state index contributed by atoms with van der Waals surface area (Å²) in [5.74, 6) is -0.417. The summed E-state index contributed by atoms with van der Waals surface area (Å²) in [6.07, 6.45) is 1.84. The van der Waals surface area contributed by atoms with Crippen molar-refractivity contribution in [3.05, 3.63) is 51.7 Å². The van der Waals surface area contributed by atoms with E-state index in [0.717, 1.165) is 0 Å². The molecule has 1 aromatic heterocycles. The maximum atomic E-state index is 13.6. The van der Waals surface area contributed by atoms with Crippen LogP contribution >= 0.6 is 0 Å². The first-order valence-electron chi connectivity index (χ1n) is 10.2. The van der Waals surface area contributed by atoms with Gasteiger partial charge in [-0.15, -0.1) is 0 Å². The number of phenolic OH excluding ortho intramolecular Hbond substituents is 2. The van der Waals surface area contributed by atoms with Gasteiger partial charge in [0.15, 0.2) is 11.5 Å². The molecule has 2 aromatic carbocycles. The second-order valence-corrected chi connectivity index (χ2v) is 8.48. The number of fused-ring (bicyclic) bond motifs is 2. The molecule has 33 heavy (non-hydrogen) atoms. The lowest BCUT2D eigenvalue weighted by Crippen LogP contribution is -2.15. The number of methoxy groups -OCH3 is 2. The van der Waals surface area contributed by atoms with Crippen LogP contribution in [0.2, 0.25) is 0 Å². The molecule has 3 rings (SSSR count). The third-order valence-corrected chi connectivity index (χ3v) is 5.31. The molecule has 1 atom stereocenters. The predicted molar refractivity (Wildman–Crippen MR) is 126 cm³/mol. The summed E-state index contributed by atoms with van der Waals surface area (Å²) in [7, 11) is 2.73. The molecule has 8 heteroatoms. The van der Waals surface area contributed by atoms with Gasteiger partial charge in [-0.05, 0) is 26.8 Å². The van der Waals surface area contributed by atoms with E-state index in [1.54, 1.807) is 20.8 Å². The summed E-state index contributed by atoms with van der Waals surface area (Å²) >= 11 is 0. The molecule has 3 aromatic rings. The maximum absolute atomic E-state index is 13.6. The number of aliphatic hydroxyl groups excluding tert-OH is 1. The number of benzene rings is 2. The van der Waals surface area contributed by atoms with Crippen molar-refractivity contribution in [2.24, 2.45) is 0 Å². The van der Waals surface area contributed by atoms with Gasteiger partial charge in [0.05, 0.1) is 36.9 Å². The molecule has 1 heterocycles. The Bertz CT molecular complexity index is 1320. The van der Waals surface area contributed by atoms with Crippen LogP contribution in [0.3, 0.4) is 0 Å². The van der Waals surface area contributed by atoms with Gasteiger partial charge in [-0.2, -0.15) is 0 Å². The number of aliphatic hydroxyl groups is 2. The van der Waals surface area contributed by atoms with Crippen LogP contribution in [0.1, 0.15) is 31.9 Å². The molecule has 0 spiro atoms. The second kappa shape index (κ2) is 8.80. The van der Waals surface area contributed by atoms with Crippen molar-refractivity contribution >= 4 is 28.0 Å². The molecular formula is C25H28O8. The van der Waals surface area contributed by atoms with Gasteiger partial charge in [0, 0.05) is 24.1 Å². The highest BCUT2D eigenvalue weighted by Crippen LogP contribution is 2.41. The minimum atomic E-state index is -1.17. The molecule has 0 fully saturated rings. The van der Waals surface area contributed by atoms with E-state index in [2.05, 4.69) is 6.58 Å². The Kier molecular flexibility index (Phi) is 6.44. The zero-order valence-corrected chi connectivity index (χ0v) is 19.2. The fourth-order valence-electron chi connectivity index (χ4n) is 3.60. The SMILES string of the molecule is C=C(C)[C@H](O)Cc1c(OC)c(O)cc2oc3cc(OC)c(/C=C/C(C)(C)O)c(O)c3c(=O)c12. The van der Waals surface area contributed by atoms with Crippen molar-refractivity contribution < 1.29 is 34.3 Å². The lowest BCUT2D eigenvalue weighted by Gasteiger charge is -2.17. The summed E-state index contributed by atoms with van der Waals surface area (Å²) in [5, 5.41) is 41.8. The molecular weight excluding hydrogens is 428 g/mol. The third kappa shape index (κ3) is 4.53. The summed E-state index contributed by atoms with van der Waals surface area (Å²) in [4.78, 5) is 13.6. The largest absolute Gasteiger partial charge is 0.506 e. The van der Waals surface area contributed by atoms with Crippen molar-refractivity contribution in [2.75, 3.05) is 14.2 Å². The third-order valence-electron chi connectivity index (χ3n) is 5.31. The Morgan fingerprint density at radius 1 is 1.18 bits per heavy atom. The zero-order chi connectivity index (χ0) is 24.7. The predicted octanol–water partition coefficient (Wildman–Crippen LogP) is 3.64. The van der Waals surface area contributed by atoms with Crippen LogP contribution in [0.4, 0.5) is 0 Å². The number of rotatable bonds is 7. The average molecular weight is 456 g/mol. The number of phenols is 2. The Hall–Kier alpha value is -3.49. The van der Waals surface area contributed by atoms with Gasteiger partial charge >= 0.3 is 0 Å². The Morgan fingerprint density at radius 2 is 1.82 bits per heavy atom. The lowest BCUT2D eigenvalue weighted by molar-refractivity contribution is 0.134. The van der Waals surface area contributed by atoms with Crippen molar-refractivity contribution in [3.63, 3.8) is 0 Å². The van der Waals surface area contributed by atoms with Gasteiger partial charge in [0.25, 0.3) is 0 Å². The monoisotopic (exact) mass is 456 g/mol. The smallest absolute Gasteiger partial charge is 0.204 e. The van der Waals surface area contributed by atoms with E-state index < -0.39 is 17.1 Å². The Morgan fingerprint density at radius 3 is 2.36 bits per heavy atom. The van der Waals surface area contributed by atoms with Crippen LogP contribution in [0.25, 0.3) is 28.0 Å². The first kappa shape index (κ1) is 24.2. The molecule has 0 amide bonds.